The van der Waals surface area contributed by atoms with Crippen LogP contribution >= 0.6 is 0 Å². The molecule has 0 atom stereocenters. The lowest BCUT2D eigenvalue weighted by Gasteiger charge is -2.09. The van der Waals surface area contributed by atoms with Gasteiger partial charge >= 0.3 is 0 Å². The third kappa shape index (κ3) is 5.05. The predicted molar refractivity (Wildman–Crippen MR) is 130 cm³/mol. The third-order valence-electron chi connectivity index (χ3n) is 5.37. The molecule has 0 fully saturated rings. The van der Waals surface area contributed by atoms with Crippen molar-refractivity contribution in [1.29, 1.82) is 0 Å². The summed E-state index contributed by atoms with van der Waals surface area (Å²) >= 11 is 0. The third-order valence-corrected chi connectivity index (χ3v) is 7.54. The van der Waals surface area contributed by atoms with E-state index < -0.39 is 20.9 Å². The van der Waals surface area contributed by atoms with Crippen molar-refractivity contribution in [2.45, 2.75) is 37.5 Å². The Hall–Kier alpha value is -3.70. The summed E-state index contributed by atoms with van der Waals surface area (Å²) in [6.07, 6.45) is 1.46. The first-order valence-electron chi connectivity index (χ1n) is 11.0. The molecule has 0 radical (unpaired) electrons. The van der Waals surface area contributed by atoms with Crippen LogP contribution in [0, 0.1) is 5.82 Å². The zero-order chi connectivity index (χ0) is 25.2. The minimum atomic E-state index is -3.39. The number of hydrogen-bond acceptors (Lipinski definition) is 9. The Bertz CT molecular complexity index is 1450. The fraction of sp³-hybridized carbons (Fsp3) is 0.250. The van der Waals surface area contributed by atoms with Crippen LogP contribution in [0.2, 0.25) is 0 Å². The molecule has 2 aromatic heterocycles. The van der Waals surface area contributed by atoms with E-state index >= 15 is 0 Å². The molecule has 0 saturated carbocycles. The highest BCUT2D eigenvalue weighted by atomic mass is 32.2. The fourth-order valence-electron chi connectivity index (χ4n) is 3.32. The zero-order valence-corrected chi connectivity index (χ0v) is 20.3. The Balaban J connectivity index is 1.63. The molecule has 0 aliphatic carbocycles. The maximum atomic E-state index is 14.7. The van der Waals surface area contributed by atoms with Gasteiger partial charge in [-0.3, -0.25) is 0 Å². The number of nitrogen functional groups attached to an aromatic ring is 1. The van der Waals surface area contributed by atoms with Crippen LogP contribution in [0.15, 0.2) is 58.0 Å². The van der Waals surface area contributed by atoms with Crippen molar-refractivity contribution in [2.75, 3.05) is 12.3 Å². The van der Waals surface area contributed by atoms with Crippen molar-refractivity contribution in [2.24, 2.45) is 0 Å². The minimum absolute atomic E-state index is 0.0117. The average molecular weight is 497 g/mol. The van der Waals surface area contributed by atoms with Gasteiger partial charge in [-0.1, -0.05) is 25.1 Å². The summed E-state index contributed by atoms with van der Waals surface area (Å²) in [5, 5.41) is 10.5. The first-order chi connectivity index (χ1) is 16.7. The summed E-state index contributed by atoms with van der Waals surface area (Å²) in [6, 6.07) is 11.1. The maximum absolute atomic E-state index is 14.7. The van der Waals surface area contributed by atoms with E-state index in [9.17, 15) is 12.8 Å². The van der Waals surface area contributed by atoms with Gasteiger partial charge < -0.3 is 15.5 Å². The molecule has 0 unspecified atom stereocenters. The molecule has 2 heterocycles. The molecule has 0 saturated heterocycles. The van der Waals surface area contributed by atoms with Gasteiger partial charge in [-0.2, -0.15) is 0 Å². The van der Waals surface area contributed by atoms with E-state index in [1.165, 1.54) is 24.4 Å². The molecule has 0 amide bonds. The van der Waals surface area contributed by atoms with Crippen molar-refractivity contribution < 1.29 is 17.2 Å². The van der Waals surface area contributed by atoms with E-state index in [0.717, 1.165) is 12.1 Å². The number of aromatic nitrogens is 4. The lowest BCUT2D eigenvalue weighted by Crippen LogP contribution is -2.13. The number of halogens is 1. The fourth-order valence-corrected chi connectivity index (χ4v) is 4.38. The van der Waals surface area contributed by atoms with Crippen molar-refractivity contribution in [1.82, 2.24) is 25.5 Å². The average Bonchev–Trinajstić information content (AvgIpc) is 3.32. The highest BCUT2D eigenvalue weighted by Gasteiger charge is 2.21. The molecule has 2 aromatic carbocycles. The lowest BCUT2D eigenvalue weighted by molar-refractivity contribution is 0.568. The molecular formula is C24H25FN6O3S. The van der Waals surface area contributed by atoms with Crippen LogP contribution in [0.4, 0.5) is 10.2 Å². The molecule has 4 aromatic rings. The normalized spacial score (nSPS) is 11.8. The lowest BCUT2D eigenvalue weighted by atomic mass is 10.1. The molecule has 0 bridgehead atoms. The van der Waals surface area contributed by atoms with E-state index in [1.54, 1.807) is 38.1 Å². The summed E-state index contributed by atoms with van der Waals surface area (Å²) in [5.74, 6) is -0.450. The summed E-state index contributed by atoms with van der Waals surface area (Å²) < 4.78 is 45.1. The van der Waals surface area contributed by atoms with E-state index in [1.807, 2.05) is 6.92 Å². The van der Waals surface area contributed by atoms with Gasteiger partial charge in [0, 0.05) is 12.1 Å². The molecule has 11 heteroatoms. The topological polar surface area (TPSA) is 137 Å². The SMILES string of the molecule is CCNCc1ccc(-c2nnc(-c3nc(-c4ccc(S(=O)(=O)C(C)C)cc4)cnc3N)o2)c(F)c1. The van der Waals surface area contributed by atoms with Crippen molar-refractivity contribution in [3.8, 4) is 34.3 Å². The van der Waals surface area contributed by atoms with Gasteiger partial charge in [0.25, 0.3) is 11.8 Å². The van der Waals surface area contributed by atoms with Gasteiger partial charge in [-0.15, -0.1) is 10.2 Å². The van der Waals surface area contributed by atoms with E-state index in [2.05, 4.69) is 25.5 Å². The molecule has 4 rings (SSSR count). The minimum Gasteiger partial charge on any atom is -0.414 e. The van der Waals surface area contributed by atoms with Crippen LogP contribution in [-0.2, 0) is 16.4 Å². The molecule has 3 N–H and O–H groups in total. The summed E-state index contributed by atoms with van der Waals surface area (Å²) in [4.78, 5) is 8.86. The van der Waals surface area contributed by atoms with Crippen molar-refractivity contribution in [3.05, 3.63) is 60.0 Å². The van der Waals surface area contributed by atoms with E-state index in [-0.39, 0.29) is 33.8 Å². The molecule has 0 spiro atoms. The number of hydrogen-bond donors (Lipinski definition) is 2. The van der Waals surface area contributed by atoms with Crippen molar-refractivity contribution >= 4 is 15.7 Å². The Morgan fingerprint density at radius 1 is 1.09 bits per heavy atom. The summed E-state index contributed by atoms with van der Waals surface area (Å²) in [7, 11) is -3.39. The van der Waals surface area contributed by atoms with E-state index in [0.29, 0.717) is 17.8 Å². The monoisotopic (exact) mass is 496 g/mol. The van der Waals surface area contributed by atoms with Crippen LogP contribution < -0.4 is 11.1 Å². The van der Waals surface area contributed by atoms with E-state index in [4.69, 9.17) is 10.2 Å². The second-order valence-corrected chi connectivity index (χ2v) is 10.6. The Morgan fingerprint density at radius 3 is 2.46 bits per heavy atom. The molecular weight excluding hydrogens is 471 g/mol. The van der Waals surface area contributed by atoms with Gasteiger partial charge in [0.2, 0.25) is 0 Å². The van der Waals surface area contributed by atoms with Gasteiger partial charge in [0.1, 0.15) is 5.82 Å². The van der Waals surface area contributed by atoms with Gasteiger partial charge in [0.05, 0.1) is 27.6 Å². The predicted octanol–water partition coefficient (Wildman–Crippen LogP) is 3.87. The second kappa shape index (κ2) is 9.88. The summed E-state index contributed by atoms with van der Waals surface area (Å²) in [6.45, 7) is 6.55. The number of nitrogens with two attached hydrogens (primary N) is 1. The molecule has 0 aliphatic heterocycles. The highest BCUT2D eigenvalue weighted by molar-refractivity contribution is 7.92. The number of sulfone groups is 1. The molecule has 0 aliphatic rings. The molecule has 9 nitrogen and oxygen atoms in total. The number of rotatable bonds is 8. The molecule has 182 valence electrons. The van der Waals surface area contributed by atoms with Crippen molar-refractivity contribution in [3.63, 3.8) is 0 Å². The Morgan fingerprint density at radius 2 is 1.80 bits per heavy atom. The van der Waals surface area contributed by atoms with Crippen LogP contribution in [0.5, 0.6) is 0 Å². The number of anilines is 1. The maximum Gasteiger partial charge on any atom is 0.270 e. The first kappa shape index (κ1) is 24.4. The number of nitrogens with zero attached hydrogens (tertiary/aromatic N) is 4. The van der Waals surface area contributed by atoms with Crippen LogP contribution in [0.25, 0.3) is 34.3 Å². The quantitative estimate of drug-likeness (QED) is 0.372. The van der Waals surface area contributed by atoms with Gasteiger partial charge in [0.15, 0.2) is 21.3 Å². The standard InChI is InChI=1S/C24H25FN6O3S/c1-4-27-12-15-5-10-18(19(25)11-15)23-30-31-24(34-23)21-22(26)28-13-20(29-21)16-6-8-17(9-7-16)35(32,33)14(2)3/h5-11,13-14,27H,4,12H2,1-3H3,(H2,26,28). The number of benzene rings is 2. The highest BCUT2D eigenvalue weighted by Crippen LogP contribution is 2.29. The van der Waals surface area contributed by atoms with Crippen LogP contribution in [0.3, 0.4) is 0 Å². The largest absolute Gasteiger partial charge is 0.414 e. The van der Waals surface area contributed by atoms with Crippen LogP contribution in [-0.4, -0.2) is 40.4 Å². The molecule has 35 heavy (non-hydrogen) atoms. The number of nitrogens with one attached hydrogen (secondary N) is 1. The van der Waals surface area contributed by atoms with Gasteiger partial charge in [-0.05, 0) is 50.2 Å². The summed E-state index contributed by atoms with van der Waals surface area (Å²) in [5.41, 5.74) is 8.15. The van der Waals surface area contributed by atoms with Crippen LogP contribution in [0.1, 0.15) is 26.3 Å². The Labute approximate surface area is 202 Å². The van der Waals surface area contributed by atoms with Gasteiger partial charge in [-0.25, -0.2) is 22.8 Å². The Kier molecular flexibility index (Phi) is 6.90. The smallest absolute Gasteiger partial charge is 0.270 e. The zero-order valence-electron chi connectivity index (χ0n) is 19.5. The second-order valence-electron chi connectivity index (χ2n) is 8.11. The first-order valence-corrected chi connectivity index (χ1v) is 12.6.